The second-order valence-electron chi connectivity index (χ2n) is 4.97. The molecule has 0 saturated carbocycles. The van der Waals surface area contributed by atoms with Gasteiger partial charge in [-0.3, -0.25) is 0 Å². The molecule has 1 aliphatic heterocycles. The highest BCUT2D eigenvalue weighted by Crippen LogP contribution is 2.29. The van der Waals surface area contributed by atoms with Crippen molar-refractivity contribution in [3.63, 3.8) is 0 Å². The van der Waals surface area contributed by atoms with Crippen molar-refractivity contribution in [1.29, 1.82) is 0 Å². The molecule has 0 aliphatic carbocycles. The number of rotatable bonds is 4. The lowest BCUT2D eigenvalue weighted by Gasteiger charge is -2.23. The molecule has 0 radical (unpaired) electrons. The second kappa shape index (κ2) is 5.73. The highest BCUT2D eigenvalue weighted by molar-refractivity contribution is 5.35. The van der Waals surface area contributed by atoms with E-state index in [0.717, 1.165) is 13.1 Å². The van der Waals surface area contributed by atoms with Crippen LogP contribution in [0.4, 0.5) is 0 Å². The third kappa shape index (κ3) is 2.46. The van der Waals surface area contributed by atoms with Crippen LogP contribution in [-0.2, 0) is 11.3 Å². The maximum Gasteiger partial charge on any atom is 0.235 e. The van der Waals surface area contributed by atoms with Crippen LogP contribution in [-0.4, -0.2) is 23.3 Å². The van der Waals surface area contributed by atoms with Crippen LogP contribution in [0.1, 0.15) is 48.7 Å². The van der Waals surface area contributed by atoms with E-state index in [2.05, 4.69) is 39.7 Å². The predicted molar refractivity (Wildman–Crippen MR) is 74.3 cm³/mol. The molecule has 1 aromatic carbocycles. The number of fused-ring (bicyclic) bond motifs is 1. The van der Waals surface area contributed by atoms with Gasteiger partial charge in [0.25, 0.3) is 0 Å². The van der Waals surface area contributed by atoms with Crippen LogP contribution in [0, 0.1) is 0 Å². The maximum atomic E-state index is 5.50. The summed E-state index contributed by atoms with van der Waals surface area (Å²) < 4.78 is 10.9. The SMILES string of the molecule is CCOC(C)c1noc(C2CNCc3ccccc32)n1. The van der Waals surface area contributed by atoms with Crippen LogP contribution in [0.5, 0.6) is 0 Å². The Hall–Kier alpha value is -1.72. The Labute approximate surface area is 118 Å². The van der Waals surface area contributed by atoms with Gasteiger partial charge in [0.2, 0.25) is 5.89 Å². The molecule has 1 N–H and O–H groups in total. The summed E-state index contributed by atoms with van der Waals surface area (Å²) >= 11 is 0. The molecular weight excluding hydrogens is 254 g/mol. The van der Waals surface area contributed by atoms with Crippen molar-refractivity contribution in [2.24, 2.45) is 0 Å². The minimum Gasteiger partial charge on any atom is -0.371 e. The Kier molecular flexibility index (Phi) is 3.80. The fourth-order valence-electron chi connectivity index (χ4n) is 2.60. The molecule has 2 unspecified atom stereocenters. The van der Waals surface area contributed by atoms with Gasteiger partial charge >= 0.3 is 0 Å². The van der Waals surface area contributed by atoms with Gasteiger partial charge in [0, 0.05) is 19.7 Å². The van der Waals surface area contributed by atoms with Crippen molar-refractivity contribution in [2.75, 3.05) is 13.2 Å². The molecular formula is C15H19N3O2. The van der Waals surface area contributed by atoms with Crippen molar-refractivity contribution in [3.05, 3.63) is 47.1 Å². The van der Waals surface area contributed by atoms with Crippen LogP contribution in [0.3, 0.4) is 0 Å². The van der Waals surface area contributed by atoms with Crippen LogP contribution >= 0.6 is 0 Å². The van der Waals surface area contributed by atoms with E-state index in [1.807, 2.05) is 13.8 Å². The van der Waals surface area contributed by atoms with Gasteiger partial charge in [-0.05, 0) is 25.0 Å². The van der Waals surface area contributed by atoms with Crippen molar-refractivity contribution in [2.45, 2.75) is 32.4 Å². The Morgan fingerprint density at radius 2 is 2.30 bits per heavy atom. The summed E-state index contributed by atoms with van der Waals surface area (Å²) in [5.41, 5.74) is 2.56. The first-order valence-corrected chi connectivity index (χ1v) is 7.03. The van der Waals surface area contributed by atoms with Gasteiger partial charge < -0.3 is 14.6 Å². The quantitative estimate of drug-likeness (QED) is 0.927. The Bertz CT molecular complexity index is 582. The molecule has 106 valence electrons. The lowest BCUT2D eigenvalue weighted by molar-refractivity contribution is 0.0683. The molecule has 0 fully saturated rings. The normalized spacial score (nSPS) is 19.6. The molecule has 5 heteroatoms. The topological polar surface area (TPSA) is 60.2 Å². The van der Waals surface area contributed by atoms with E-state index in [1.54, 1.807) is 0 Å². The minimum absolute atomic E-state index is 0.120. The van der Waals surface area contributed by atoms with E-state index >= 15 is 0 Å². The number of nitrogens with zero attached hydrogens (tertiary/aromatic N) is 2. The average Bonchev–Trinajstić information content (AvgIpc) is 2.97. The number of benzene rings is 1. The molecule has 2 atom stereocenters. The number of nitrogens with one attached hydrogen (secondary N) is 1. The largest absolute Gasteiger partial charge is 0.371 e. The van der Waals surface area contributed by atoms with E-state index in [-0.39, 0.29) is 12.0 Å². The van der Waals surface area contributed by atoms with E-state index < -0.39 is 0 Å². The van der Waals surface area contributed by atoms with E-state index in [9.17, 15) is 0 Å². The second-order valence-corrected chi connectivity index (χ2v) is 4.97. The summed E-state index contributed by atoms with van der Waals surface area (Å²) in [6, 6.07) is 8.38. The summed E-state index contributed by atoms with van der Waals surface area (Å²) in [5, 5.41) is 7.44. The lowest BCUT2D eigenvalue weighted by atomic mass is 9.91. The highest BCUT2D eigenvalue weighted by Gasteiger charge is 2.27. The standard InChI is InChI=1S/C15H19N3O2/c1-3-19-10(2)14-17-15(20-18-14)13-9-16-8-11-6-4-5-7-12(11)13/h4-7,10,13,16H,3,8-9H2,1-2H3. The zero-order chi connectivity index (χ0) is 13.9. The van der Waals surface area contributed by atoms with E-state index in [1.165, 1.54) is 11.1 Å². The van der Waals surface area contributed by atoms with Gasteiger partial charge in [0.15, 0.2) is 5.82 Å². The Balaban J connectivity index is 1.87. The molecule has 1 aliphatic rings. The third-order valence-corrected chi connectivity index (χ3v) is 3.63. The van der Waals surface area contributed by atoms with Crippen LogP contribution < -0.4 is 5.32 Å². The molecule has 5 nitrogen and oxygen atoms in total. The monoisotopic (exact) mass is 273 g/mol. The first-order chi connectivity index (χ1) is 9.79. The van der Waals surface area contributed by atoms with Gasteiger partial charge in [0.1, 0.15) is 6.10 Å². The van der Waals surface area contributed by atoms with Gasteiger partial charge in [-0.25, -0.2) is 0 Å². The minimum atomic E-state index is -0.135. The molecule has 0 saturated heterocycles. The summed E-state index contributed by atoms with van der Waals surface area (Å²) in [5.74, 6) is 1.39. The predicted octanol–water partition coefficient (Wildman–Crippen LogP) is 2.40. The number of hydrogen-bond donors (Lipinski definition) is 1. The maximum absolute atomic E-state index is 5.50. The molecule has 2 aromatic rings. The van der Waals surface area contributed by atoms with Crippen LogP contribution in [0.2, 0.25) is 0 Å². The first kappa shape index (κ1) is 13.3. The molecule has 0 spiro atoms. The van der Waals surface area contributed by atoms with Gasteiger partial charge in [-0.2, -0.15) is 4.98 Å². The van der Waals surface area contributed by atoms with Crippen molar-refractivity contribution in [1.82, 2.24) is 15.5 Å². The van der Waals surface area contributed by atoms with Crippen molar-refractivity contribution >= 4 is 0 Å². The zero-order valence-corrected chi connectivity index (χ0v) is 11.8. The smallest absolute Gasteiger partial charge is 0.235 e. The third-order valence-electron chi connectivity index (χ3n) is 3.63. The molecule has 1 aromatic heterocycles. The van der Waals surface area contributed by atoms with Gasteiger partial charge in [-0.15, -0.1) is 0 Å². The van der Waals surface area contributed by atoms with Crippen LogP contribution in [0.25, 0.3) is 0 Å². The summed E-state index contributed by atoms with van der Waals surface area (Å²) in [4.78, 5) is 4.51. The molecule has 0 bridgehead atoms. The fourth-order valence-corrected chi connectivity index (χ4v) is 2.60. The number of aromatic nitrogens is 2. The van der Waals surface area contributed by atoms with Crippen LogP contribution in [0.15, 0.2) is 28.8 Å². The molecule has 20 heavy (non-hydrogen) atoms. The molecule has 2 heterocycles. The average molecular weight is 273 g/mol. The van der Waals surface area contributed by atoms with E-state index in [0.29, 0.717) is 18.3 Å². The molecule has 0 amide bonds. The summed E-state index contributed by atoms with van der Waals surface area (Å²) in [6.07, 6.45) is -0.135. The zero-order valence-electron chi connectivity index (χ0n) is 11.8. The van der Waals surface area contributed by atoms with Crippen molar-refractivity contribution in [3.8, 4) is 0 Å². The lowest BCUT2D eigenvalue weighted by Crippen LogP contribution is -2.28. The number of hydrogen-bond acceptors (Lipinski definition) is 5. The Morgan fingerprint density at radius 1 is 1.45 bits per heavy atom. The fraction of sp³-hybridized carbons (Fsp3) is 0.467. The first-order valence-electron chi connectivity index (χ1n) is 7.03. The van der Waals surface area contributed by atoms with Gasteiger partial charge in [0.05, 0.1) is 5.92 Å². The van der Waals surface area contributed by atoms with Crippen molar-refractivity contribution < 1.29 is 9.26 Å². The number of ether oxygens (including phenoxy) is 1. The highest BCUT2D eigenvalue weighted by atomic mass is 16.5. The van der Waals surface area contributed by atoms with Gasteiger partial charge in [-0.1, -0.05) is 29.4 Å². The summed E-state index contributed by atoms with van der Waals surface area (Å²) in [7, 11) is 0. The van der Waals surface area contributed by atoms with E-state index in [4.69, 9.17) is 9.26 Å². The Morgan fingerprint density at radius 3 is 3.15 bits per heavy atom. The summed E-state index contributed by atoms with van der Waals surface area (Å²) in [6.45, 7) is 6.24. The molecule has 3 rings (SSSR count).